The molecule has 0 aliphatic rings. The molecular weight excluding hydrogens is 176 g/mol. The molecule has 76 valence electrons. The number of anilines is 2. The average Bonchev–Trinajstić information content (AvgIpc) is 2.27. The maximum Gasteiger partial charge on any atom is 0.162 e. The number of carbonyl (C=O) groups is 1. The maximum absolute atomic E-state index is 11.5. The molecule has 0 saturated carbocycles. The molecule has 1 rings (SSSR count). The molecule has 0 unspecified atom stereocenters. The number of benzene rings is 1. The van der Waals surface area contributed by atoms with E-state index < -0.39 is 0 Å². The number of hydrogen-bond acceptors (Lipinski definition) is 3. The number of ketones is 1. The van der Waals surface area contributed by atoms with Gasteiger partial charge in [-0.1, -0.05) is 6.92 Å². The Bertz CT molecular complexity index is 312. The summed E-state index contributed by atoms with van der Waals surface area (Å²) < 4.78 is 0. The summed E-state index contributed by atoms with van der Waals surface area (Å²) in [5.41, 5.74) is 2.66. The normalized spacial score (nSPS) is 9.64. The number of Topliss-reactive ketones (excluding diaryl/α,β-unsaturated/α-hetero) is 1. The van der Waals surface area contributed by atoms with Crippen LogP contribution in [0, 0.1) is 0 Å². The summed E-state index contributed by atoms with van der Waals surface area (Å²) in [5.74, 6) is 0.165. The van der Waals surface area contributed by atoms with Crippen LogP contribution in [0.15, 0.2) is 18.2 Å². The third-order valence-corrected chi connectivity index (χ3v) is 2.15. The molecule has 0 aliphatic carbocycles. The molecule has 0 fully saturated rings. The number of hydrogen-bond donors (Lipinski definition) is 2. The third-order valence-electron chi connectivity index (χ3n) is 2.15. The smallest absolute Gasteiger partial charge is 0.162 e. The molecule has 0 radical (unpaired) electrons. The highest BCUT2D eigenvalue weighted by atomic mass is 16.1. The van der Waals surface area contributed by atoms with E-state index in [0.29, 0.717) is 6.42 Å². The van der Waals surface area contributed by atoms with Gasteiger partial charge in [-0.05, 0) is 18.2 Å². The summed E-state index contributed by atoms with van der Waals surface area (Å²) in [6, 6.07) is 5.70. The zero-order valence-corrected chi connectivity index (χ0v) is 8.85. The Kier molecular flexibility index (Phi) is 3.51. The van der Waals surface area contributed by atoms with Crippen molar-refractivity contribution < 1.29 is 4.79 Å². The Hall–Kier alpha value is -1.51. The van der Waals surface area contributed by atoms with Gasteiger partial charge in [-0.25, -0.2) is 0 Å². The summed E-state index contributed by atoms with van der Waals surface area (Å²) in [5, 5.41) is 6.06. The molecule has 3 nitrogen and oxygen atoms in total. The van der Waals surface area contributed by atoms with Crippen LogP contribution in [-0.4, -0.2) is 19.9 Å². The Morgan fingerprint density at radius 2 is 1.64 bits per heavy atom. The zero-order chi connectivity index (χ0) is 10.6. The third kappa shape index (κ3) is 2.25. The average molecular weight is 192 g/mol. The zero-order valence-electron chi connectivity index (χ0n) is 8.85. The molecule has 0 saturated heterocycles. The van der Waals surface area contributed by atoms with E-state index in [4.69, 9.17) is 0 Å². The van der Waals surface area contributed by atoms with E-state index in [2.05, 4.69) is 10.6 Å². The van der Waals surface area contributed by atoms with Gasteiger partial charge in [0.2, 0.25) is 0 Å². The van der Waals surface area contributed by atoms with Crippen molar-refractivity contribution in [2.75, 3.05) is 24.7 Å². The summed E-state index contributed by atoms with van der Waals surface area (Å²) in [6.45, 7) is 1.87. The van der Waals surface area contributed by atoms with Crippen LogP contribution in [0.2, 0.25) is 0 Å². The predicted molar refractivity (Wildman–Crippen MR) is 60.2 cm³/mol. The minimum atomic E-state index is 0.165. The van der Waals surface area contributed by atoms with E-state index in [1.807, 2.05) is 39.2 Å². The molecule has 1 aromatic rings. The Morgan fingerprint density at radius 3 is 2.00 bits per heavy atom. The lowest BCUT2D eigenvalue weighted by molar-refractivity contribution is 0.0988. The standard InChI is InChI=1S/C11H16N2O/c1-4-11(14)8-5-9(12-2)7-10(6-8)13-3/h5-7,12-13H,4H2,1-3H3. The van der Waals surface area contributed by atoms with Crippen molar-refractivity contribution in [1.82, 2.24) is 0 Å². The first-order chi connectivity index (χ1) is 6.71. The minimum Gasteiger partial charge on any atom is -0.388 e. The largest absolute Gasteiger partial charge is 0.388 e. The van der Waals surface area contributed by atoms with Crippen molar-refractivity contribution >= 4 is 17.2 Å². The monoisotopic (exact) mass is 192 g/mol. The van der Waals surface area contributed by atoms with E-state index in [1.165, 1.54) is 0 Å². The van der Waals surface area contributed by atoms with Crippen LogP contribution < -0.4 is 10.6 Å². The fourth-order valence-electron chi connectivity index (χ4n) is 1.28. The molecule has 0 aromatic heterocycles. The van der Waals surface area contributed by atoms with Crippen LogP contribution in [-0.2, 0) is 0 Å². The van der Waals surface area contributed by atoms with Gasteiger partial charge in [0.25, 0.3) is 0 Å². The minimum absolute atomic E-state index is 0.165. The highest BCUT2D eigenvalue weighted by Crippen LogP contribution is 2.19. The molecule has 14 heavy (non-hydrogen) atoms. The predicted octanol–water partition coefficient (Wildman–Crippen LogP) is 2.36. The summed E-state index contributed by atoms with van der Waals surface area (Å²) in [6.07, 6.45) is 0.538. The van der Waals surface area contributed by atoms with Gasteiger partial charge in [-0.3, -0.25) is 4.79 Å². The van der Waals surface area contributed by atoms with Crippen LogP contribution in [0.4, 0.5) is 11.4 Å². The van der Waals surface area contributed by atoms with Crippen molar-refractivity contribution in [3.05, 3.63) is 23.8 Å². The van der Waals surface area contributed by atoms with E-state index in [1.54, 1.807) is 0 Å². The molecule has 3 heteroatoms. The van der Waals surface area contributed by atoms with E-state index in [9.17, 15) is 4.79 Å². The van der Waals surface area contributed by atoms with E-state index in [-0.39, 0.29) is 5.78 Å². The van der Waals surface area contributed by atoms with Crippen molar-refractivity contribution in [2.24, 2.45) is 0 Å². The summed E-state index contributed by atoms with van der Waals surface area (Å²) >= 11 is 0. The number of rotatable bonds is 4. The maximum atomic E-state index is 11.5. The first-order valence-electron chi connectivity index (χ1n) is 4.75. The topological polar surface area (TPSA) is 41.1 Å². The molecule has 2 N–H and O–H groups in total. The van der Waals surface area contributed by atoms with Gasteiger partial charge < -0.3 is 10.6 Å². The molecule has 0 heterocycles. The van der Waals surface area contributed by atoms with E-state index >= 15 is 0 Å². The van der Waals surface area contributed by atoms with Crippen molar-refractivity contribution in [2.45, 2.75) is 13.3 Å². The quantitative estimate of drug-likeness (QED) is 0.719. The molecule has 0 aliphatic heterocycles. The first-order valence-corrected chi connectivity index (χ1v) is 4.75. The van der Waals surface area contributed by atoms with Gasteiger partial charge in [-0.2, -0.15) is 0 Å². The second kappa shape index (κ2) is 4.65. The Balaban J connectivity index is 3.10. The second-order valence-corrected chi connectivity index (χ2v) is 3.08. The fraction of sp³-hybridized carbons (Fsp3) is 0.364. The second-order valence-electron chi connectivity index (χ2n) is 3.08. The van der Waals surface area contributed by atoms with Crippen LogP contribution >= 0.6 is 0 Å². The van der Waals surface area contributed by atoms with Crippen LogP contribution in [0.1, 0.15) is 23.7 Å². The lowest BCUT2D eigenvalue weighted by Gasteiger charge is -2.07. The van der Waals surface area contributed by atoms with Crippen molar-refractivity contribution in [1.29, 1.82) is 0 Å². The first kappa shape index (κ1) is 10.6. The molecular formula is C11H16N2O. The SMILES string of the molecule is CCC(=O)c1cc(NC)cc(NC)c1. The van der Waals surface area contributed by atoms with Gasteiger partial charge in [0.05, 0.1) is 0 Å². The Labute approximate surface area is 84.5 Å². The van der Waals surface area contributed by atoms with Gasteiger partial charge in [0, 0.05) is 37.5 Å². The summed E-state index contributed by atoms with van der Waals surface area (Å²) in [4.78, 5) is 11.5. The summed E-state index contributed by atoms with van der Waals surface area (Å²) in [7, 11) is 3.68. The van der Waals surface area contributed by atoms with Crippen LogP contribution in [0.3, 0.4) is 0 Å². The van der Waals surface area contributed by atoms with Crippen LogP contribution in [0.25, 0.3) is 0 Å². The molecule has 0 amide bonds. The van der Waals surface area contributed by atoms with Crippen LogP contribution in [0.5, 0.6) is 0 Å². The Morgan fingerprint density at radius 1 is 1.14 bits per heavy atom. The number of nitrogens with one attached hydrogen (secondary N) is 2. The molecule has 0 bridgehead atoms. The van der Waals surface area contributed by atoms with Gasteiger partial charge in [0.15, 0.2) is 5.78 Å². The van der Waals surface area contributed by atoms with Gasteiger partial charge in [-0.15, -0.1) is 0 Å². The molecule has 0 atom stereocenters. The molecule has 1 aromatic carbocycles. The lowest BCUT2D eigenvalue weighted by atomic mass is 10.1. The van der Waals surface area contributed by atoms with E-state index in [0.717, 1.165) is 16.9 Å². The fourth-order valence-corrected chi connectivity index (χ4v) is 1.28. The highest BCUT2D eigenvalue weighted by molar-refractivity contribution is 5.97. The molecule has 0 spiro atoms. The lowest BCUT2D eigenvalue weighted by Crippen LogP contribution is -2.00. The number of carbonyl (C=O) groups excluding carboxylic acids is 1. The highest BCUT2D eigenvalue weighted by Gasteiger charge is 2.05. The van der Waals surface area contributed by atoms with Gasteiger partial charge in [0.1, 0.15) is 0 Å². The van der Waals surface area contributed by atoms with Crippen molar-refractivity contribution in [3.63, 3.8) is 0 Å². The van der Waals surface area contributed by atoms with Gasteiger partial charge >= 0.3 is 0 Å². The van der Waals surface area contributed by atoms with Crippen molar-refractivity contribution in [3.8, 4) is 0 Å².